The first-order valence-corrected chi connectivity index (χ1v) is 12.0. The summed E-state index contributed by atoms with van der Waals surface area (Å²) < 4.78 is 66.9. The van der Waals surface area contributed by atoms with Crippen LogP contribution in [0.5, 0.6) is 11.5 Å². The molecule has 0 amide bonds. The normalized spacial score (nSPS) is 19.1. The highest BCUT2D eigenvalue weighted by Crippen LogP contribution is 2.33. The van der Waals surface area contributed by atoms with Gasteiger partial charge in [-0.25, -0.2) is 21.8 Å². The Kier molecular flexibility index (Phi) is 5.27. The van der Waals surface area contributed by atoms with Crippen LogP contribution in [0.2, 0.25) is 0 Å². The van der Waals surface area contributed by atoms with E-state index in [2.05, 4.69) is 4.98 Å². The van der Waals surface area contributed by atoms with Crippen molar-refractivity contribution in [2.75, 3.05) is 39.4 Å². The molecule has 4 rings (SSSR count). The van der Waals surface area contributed by atoms with E-state index >= 15 is 0 Å². The van der Waals surface area contributed by atoms with Crippen molar-refractivity contribution in [3.8, 4) is 11.5 Å². The third kappa shape index (κ3) is 3.84. The zero-order chi connectivity index (χ0) is 20.6. The minimum absolute atomic E-state index is 0.0388. The van der Waals surface area contributed by atoms with E-state index in [0.717, 1.165) is 0 Å². The molecule has 0 saturated carbocycles. The molecule has 2 aromatic rings. The maximum atomic E-state index is 13.1. The number of ether oxygens (including phenoxy) is 2. The number of fused-ring (bicyclic) bond motifs is 1. The predicted octanol–water partition coefficient (Wildman–Crippen LogP) is 0.277. The smallest absolute Gasteiger partial charge is 0.262 e. The van der Waals surface area contributed by atoms with Crippen LogP contribution in [0.15, 0.2) is 40.6 Å². The first-order chi connectivity index (χ1) is 13.8. The Balaban J connectivity index is 1.53. The summed E-state index contributed by atoms with van der Waals surface area (Å²) in [7, 11) is -5.87. The quantitative estimate of drug-likeness (QED) is 0.668. The standard InChI is InChI=1S/C17H22N4O6S2/c1-19-12-17(18-13-19)29(24,25)21-6-2-5-20(7-8-21)28(22,23)14-3-4-15-16(11-14)27-10-9-26-15/h3-4,11-13H,2,5-10H2,1H3. The summed E-state index contributed by atoms with van der Waals surface area (Å²) in [6.07, 6.45) is 3.24. The maximum absolute atomic E-state index is 13.1. The summed E-state index contributed by atoms with van der Waals surface area (Å²) in [6.45, 7) is 1.36. The minimum atomic E-state index is -3.79. The highest BCUT2D eigenvalue weighted by Gasteiger charge is 2.33. The number of imidazole rings is 1. The van der Waals surface area contributed by atoms with Crippen LogP contribution in [0.4, 0.5) is 0 Å². The van der Waals surface area contributed by atoms with Gasteiger partial charge < -0.3 is 14.0 Å². The lowest BCUT2D eigenvalue weighted by molar-refractivity contribution is 0.171. The van der Waals surface area contributed by atoms with E-state index in [1.165, 1.54) is 33.3 Å². The van der Waals surface area contributed by atoms with Crippen molar-refractivity contribution in [1.29, 1.82) is 0 Å². The summed E-state index contributed by atoms with van der Waals surface area (Å²) in [5, 5.41) is -0.0388. The van der Waals surface area contributed by atoms with Crippen LogP contribution in [0.1, 0.15) is 6.42 Å². The van der Waals surface area contributed by atoms with Gasteiger partial charge in [0.15, 0.2) is 16.5 Å². The second-order valence-electron chi connectivity index (χ2n) is 6.84. The number of rotatable bonds is 4. The van der Waals surface area contributed by atoms with Crippen LogP contribution in [0.3, 0.4) is 0 Å². The molecule has 10 nitrogen and oxygen atoms in total. The lowest BCUT2D eigenvalue weighted by atomic mass is 10.3. The van der Waals surface area contributed by atoms with Crippen molar-refractivity contribution in [3.05, 3.63) is 30.7 Å². The van der Waals surface area contributed by atoms with Gasteiger partial charge in [0.1, 0.15) is 13.2 Å². The molecular formula is C17H22N4O6S2. The van der Waals surface area contributed by atoms with Gasteiger partial charge in [0, 0.05) is 45.5 Å². The van der Waals surface area contributed by atoms with Gasteiger partial charge in [-0.2, -0.15) is 8.61 Å². The lowest BCUT2D eigenvalue weighted by Gasteiger charge is -2.23. The summed E-state index contributed by atoms with van der Waals surface area (Å²) in [5.41, 5.74) is 0. The van der Waals surface area contributed by atoms with E-state index in [1.807, 2.05) is 0 Å². The second kappa shape index (κ2) is 7.59. The van der Waals surface area contributed by atoms with Crippen LogP contribution in [-0.4, -0.2) is 74.4 Å². The molecule has 2 aliphatic heterocycles. The molecule has 29 heavy (non-hydrogen) atoms. The van der Waals surface area contributed by atoms with Crippen molar-refractivity contribution in [1.82, 2.24) is 18.2 Å². The molecule has 0 spiro atoms. The molecule has 2 aliphatic rings. The van der Waals surface area contributed by atoms with Crippen molar-refractivity contribution in [2.24, 2.45) is 7.05 Å². The Morgan fingerprint density at radius 3 is 2.21 bits per heavy atom. The Morgan fingerprint density at radius 1 is 0.897 bits per heavy atom. The monoisotopic (exact) mass is 442 g/mol. The van der Waals surface area contributed by atoms with Crippen LogP contribution in [0, 0.1) is 0 Å². The van der Waals surface area contributed by atoms with Crippen molar-refractivity contribution < 1.29 is 26.3 Å². The van der Waals surface area contributed by atoms with Gasteiger partial charge in [-0.05, 0) is 18.6 Å². The predicted molar refractivity (Wildman–Crippen MR) is 103 cm³/mol. The third-order valence-corrected chi connectivity index (χ3v) is 8.53. The third-order valence-electron chi connectivity index (χ3n) is 4.85. The van der Waals surface area contributed by atoms with E-state index in [4.69, 9.17) is 9.47 Å². The van der Waals surface area contributed by atoms with Gasteiger partial charge in [-0.15, -0.1) is 0 Å². The zero-order valence-corrected chi connectivity index (χ0v) is 17.5. The Morgan fingerprint density at radius 2 is 1.55 bits per heavy atom. The van der Waals surface area contributed by atoms with Gasteiger partial charge in [-0.3, -0.25) is 0 Å². The van der Waals surface area contributed by atoms with Crippen LogP contribution < -0.4 is 9.47 Å². The highest BCUT2D eigenvalue weighted by atomic mass is 32.2. The van der Waals surface area contributed by atoms with Crippen LogP contribution in [-0.2, 0) is 27.1 Å². The number of hydrogen-bond donors (Lipinski definition) is 0. The molecule has 158 valence electrons. The first kappa shape index (κ1) is 20.1. The molecule has 1 aromatic heterocycles. The zero-order valence-electron chi connectivity index (χ0n) is 15.9. The average Bonchev–Trinajstić information content (AvgIpc) is 2.99. The molecule has 0 atom stereocenters. The van der Waals surface area contributed by atoms with Crippen molar-refractivity contribution >= 4 is 20.0 Å². The van der Waals surface area contributed by atoms with Gasteiger partial charge >= 0.3 is 0 Å². The van der Waals surface area contributed by atoms with Crippen molar-refractivity contribution in [3.63, 3.8) is 0 Å². The topological polar surface area (TPSA) is 111 Å². The Bertz CT molecular complexity index is 1110. The molecular weight excluding hydrogens is 420 g/mol. The molecule has 1 fully saturated rings. The fourth-order valence-corrected chi connectivity index (χ4v) is 6.26. The second-order valence-corrected chi connectivity index (χ2v) is 10.7. The van der Waals surface area contributed by atoms with Gasteiger partial charge in [0.2, 0.25) is 10.0 Å². The van der Waals surface area contributed by atoms with Crippen LogP contribution >= 0.6 is 0 Å². The van der Waals surface area contributed by atoms with Crippen molar-refractivity contribution in [2.45, 2.75) is 16.3 Å². The average molecular weight is 443 g/mol. The first-order valence-electron chi connectivity index (χ1n) is 9.16. The molecule has 1 saturated heterocycles. The highest BCUT2D eigenvalue weighted by molar-refractivity contribution is 7.89. The van der Waals surface area contributed by atoms with Crippen LogP contribution in [0.25, 0.3) is 0 Å². The largest absolute Gasteiger partial charge is 0.486 e. The van der Waals surface area contributed by atoms with E-state index < -0.39 is 20.0 Å². The van der Waals surface area contributed by atoms with Gasteiger partial charge in [0.25, 0.3) is 10.0 Å². The molecule has 0 bridgehead atoms. The number of nitrogens with zero attached hydrogens (tertiary/aromatic N) is 4. The molecule has 0 unspecified atom stereocenters. The lowest BCUT2D eigenvalue weighted by Crippen LogP contribution is -2.37. The number of benzene rings is 1. The molecule has 12 heteroatoms. The molecule has 0 radical (unpaired) electrons. The molecule has 0 aliphatic carbocycles. The minimum Gasteiger partial charge on any atom is -0.486 e. The molecule has 1 aromatic carbocycles. The van der Waals surface area contributed by atoms with E-state index in [0.29, 0.717) is 31.1 Å². The summed E-state index contributed by atoms with van der Waals surface area (Å²) in [6, 6.07) is 4.52. The fraction of sp³-hybridized carbons (Fsp3) is 0.471. The van der Waals surface area contributed by atoms with E-state index in [1.54, 1.807) is 17.7 Å². The fourth-order valence-electron chi connectivity index (χ4n) is 3.34. The number of hydrogen-bond acceptors (Lipinski definition) is 7. The maximum Gasteiger partial charge on any atom is 0.262 e. The Hall–Kier alpha value is -2.15. The summed E-state index contributed by atoms with van der Waals surface area (Å²) >= 11 is 0. The number of aryl methyl sites for hydroxylation is 1. The van der Waals surface area contributed by atoms with E-state index in [9.17, 15) is 16.8 Å². The van der Waals surface area contributed by atoms with Gasteiger partial charge in [-0.1, -0.05) is 0 Å². The summed E-state index contributed by atoms with van der Waals surface area (Å²) in [4.78, 5) is 4.03. The van der Waals surface area contributed by atoms with E-state index in [-0.39, 0.29) is 36.1 Å². The SMILES string of the molecule is Cn1cnc(S(=O)(=O)N2CCCN(S(=O)(=O)c3ccc4c(c3)OCCO4)CC2)c1. The summed E-state index contributed by atoms with van der Waals surface area (Å²) in [5.74, 6) is 0.908. The molecule has 0 N–H and O–H groups in total. The Labute approximate surface area is 169 Å². The number of aromatic nitrogens is 2. The van der Waals surface area contributed by atoms with Gasteiger partial charge in [0.05, 0.1) is 11.2 Å². The number of sulfonamides is 2. The molecule has 3 heterocycles.